The monoisotopic (exact) mass is 298 g/mol. The molecule has 1 fully saturated rings. The number of piperidine rings is 1. The van der Waals surface area contributed by atoms with Gasteiger partial charge in [0.05, 0.1) is 5.60 Å². The first kappa shape index (κ1) is 15.5. The molecular formula is C14H23ClN4O. The van der Waals surface area contributed by atoms with Crippen molar-refractivity contribution in [3.8, 4) is 0 Å². The zero-order chi connectivity index (χ0) is 14.8. The van der Waals surface area contributed by atoms with Crippen LogP contribution in [0.2, 0.25) is 5.15 Å². The lowest BCUT2D eigenvalue weighted by Crippen LogP contribution is -2.47. The van der Waals surface area contributed by atoms with Crippen molar-refractivity contribution in [1.82, 2.24) is 15.1 Å². The van der Waals surface area contributed by atoms with Gasteiger partial charge in [0.25, 0.3) is 0 Å². The molecule has 1 aromatic heterocycles. The minimum absolute atomic E-state index is 0.334. The molecule has 1 aliphatic heterocycles. The molecule has 6 heteroatoms. The van der Waals surface area contributed by atoms with Crippen LogP contribution in [-0.4, -0.2) is 51.5 Å². The molecule has 1 aromatic rings. The highest BCUT2D eigenvalue weighted by Crippen LogP contribution is 2.19. The van der Waals surface area contributed by atoms with Crippen LogP contribution in [0.25, 0.3) is 0 Å². The predicted molar refractivity (Wildman–Crippen MR) is 81.2 cm³/mol. The fourth-order valence-electron chi connectivity index (χ4n) is 2.61. The van der Waals surface area contributed by atoms with Crippen molar-refractivity contribution in [2.75, 3.05) is 25.0 Å². The van der Waals surface area contributed by atoms with Crippen molar-refractivity contribution in [2.24, 2.45) is 0 Å². The van der Waals surface area contributed by atoms with E-state index in [1.54, 1.807) is 0 Å². The van der Waals surface area contributed by atoms with Gasteiger partial charge >= 0.3 is 0 Å². The standard InChI is InChI=1S/C14H23ClN4O/c1-10-7-12(17-18-13(10)15)16-11-5-4-6-19(8-11)9-14(2,3)20/h7,11,20H,4-6,8-9H2,1-3H3,(H,16,17)/t11-/m1/s1. The van der Waals surface area contributed by atoms with Crippen LogP contribution in [0.15, 0.2) is 6.07 Å². The Kier molecular flexibility index (Phi) is 4.83. The number of halogens is 1. The molecule has 2 heterocycles. The average molecular weight is 299 g/mol. The second-order valence-electron chi connectivity index (χ2n) is 6.23. The predicted octanol–water partition coefficient (Wildman–Crippen LogP) is 2.09. The van der Waals surface area contributed by atoms with E-state index in [1.807, 2.05) is 26.8 Å². The Bertz CT molecular complexity index is 461. The van der Waals surface area contributed by atoms with Crippen LogP contribution in [0.3, 0.4) is 0 Å². The first-order valence-electron chi connectivity index (χ1n) is 7.04. The first-order chi connectivity index (χ1) is 9.33. The van der Waals surface area contributed by atoms with Gasteiger partial charge in [-0.05, 0) is 51.8 Å². The smallest absolute Gasteiger partial charge is 0.154 e. The molecule has 2 rings (SSSR count). The summed E-state index contributed by atoms with van der Waals surface area (Å²) in [6, 6.07) is 2.26. The number of nitrogens with one attached hydrogen (secondary N) is 1. The Hall–Kier alpha value is -0.910. The first-order valence-corrected chi connectivity index (χ1v) is 7.42. The maximum atomic E-state index is 9.91. The molecule has 0 radical (unpaired) electrons. The highest BCUT2D eigenvalue weighted by Gasteiger charge is 2.24. The van der Waals surface area contributed by atoms with E-state index in [0.29, 0.717) is 17.7 Å². The van der Waals surface area contributed by atoms with E-state index < -0.39 is 5.60 Å². The third-order valence-corrected chi connectivity index (χ3v) is 3.77. The second kappa shape index (κ2) is 6.24. The van der Waals surface area contributed by atoms with Gasteiger partial charge in [0, 0.05) is 19.1 Å². The zero-order valence-electron chi connectivity index (χ0n) is 12.4. The van der Waals surface area contributed by atoms with Gasteiger partial charge in [0.1, 0.15) is 5.82 Å². The molecule has 1 atom stereocenters. The highest BCUT2D eigenvalue weighted by molar-refractivity contribution is 6.30. The fraction of sp³-hybridized carbons (Fsp3) is 0.714. The summed E-state index contributed by atoms with van der Waals surface area (Å²) in [6.07, 6.45) is 2.22. The summed E-state index contributed by atoms with van der Waals surface area (Å²) in [5, 5.41) is 21.8. The van der Waals surface area contributed by atoms with Crippen molar-refractivity contribution in [3.05, 3.63) is 16.8 Å². The van der Waals surface area contributed by atoms with Crippen LogP contribution in [-0.2, 0) is 0 Å². The van der Waals surface area contributed by atoms with Crippen molar-refractivity contribution in [3.63, 3.8) is 0 Å². The van der Waals surface area contributed by atoms with Crippen molar-refractivity contribution in [1.29, 1.82) is 0 Å². The molecule has 2 N–H and O–H groups in total. The van der Waals surface area contributed by atoms with Gasteiger partial charge in [-0.2, -0.15) is 0 Å². The molecular weight excluding hydrogens is 276 g/mol. The summed E-state index contributed by atoms with van der Waals surface area (Å²) in [7, 11) is 0. The van der Waals surface area contributed by atoms with Crippen LogP contribution in [0.5, 0.6) is 0 Å². The Morgan fingerprint density at radius 3 is 2.90 bits per heavy atom. The third kappa shape index (κ3) is 4.58. The molecule has 5 nitrogen and oxygen atoms in total. The molecule has 0 aromatic carbocycles. The maximum Gasteiger partial charge on any atom is 0.154 e. The van der Waals surface area contributed by atoms with Gasteiger partial charge in [0.15, 0.2) is 5.15 Å². The lowest BCUT2D eigenvalue weighted by atomic mass is 10.0. The van der Waals surface area contributed by atoms with Crippen molar-refractivity contribution in [2.45, 2.75) is 45.3 Å². The Morgan fingerprint density at radius 1 is 1.50 bits per heavy atom. The van der Waals surface area contributed by atoms with Gasteiger partial charge in [-0.1, -0.05) is 11.6 Å². The lowest BCUT2D eigenvalue weighted by Gasteiger charge is -2.36. The minimum atomic E-state index is -0.654. The number of hydrogen-bond donors (Lipinski definition) is 2. The van der Waals surface area contributed by atoms with Gasteiger partial charge in [0.2, 0.25) is 0 Å². The molecule has 0 unspecified atom stereocenters. The molecule has 112 valence electrons. The normalized spacial score (nSPS) is 20.9. The molecule has 1 aliphatic rings. The van der Waals surface area contributed by atoms with Crippen molar-refractivity contribution >= 4 is 17.4 Å². The topological polar surface area (TPSA) is 61.3 Å². The Labute approximate surface area is 125 Å². The SMILES string of the molecule is Cc1cc(N[C@@H]2CCCN(CC(C)(C)O)C2)nnc1Cl. The number of aromatic nitrogens is 2. The largest absolute Gasteiger partial charge is 0.389 e. The summed E-state index contributed by atoms with van der Waals surface area (Å²) in [6.45, 7) is 8.25. The van der Waals surface area contributed by atoms with E-state index in [4.69, 9.17) is 11.6 Å². The van der Waals surface area contributed by atoms with E-state index in [1.165, 1.54) is 0 Å². The molecule has 20 heavy (non-hydrogen) atoms. The van der Waals surface area contributed by atoms with E-state index in [2.05, 4.69) is 20.4 Å². The number of rotatable bonds is 4. The van der Waals surface area contributed by atoms with Crippen LogP contribution < -0.4 is 5.32 Å². The number of aliphatic hydroxyl groups is 1. The van der Waals surface area contributed by atoms with E-state index in [-0.39, 0.29) is 0 Å². The second-order valence-corrected chi connectivity index (χ2v) is 6.59. The summed E-state index contributed by atoms with van der Waals surface area (Å²) >= 11 is 5.88. The average Bonchev–Trinajstić information content (AvgIpc) is 2.32. The summed E-state index contributed by atoms with van der Waals surface area (Å²) in [5.74, 6) is 0.766. The van der Waals surface area contributed by atoms with Gasteiger partial charge in [-0.3, -0.25) is 4.90 Å². The van der Waals surface area contributed by atoms with Gasteiger partial charge in [-0.25, -0.2) is 0 Å². The highest BCUT2D eigenvalue weighted by atomic mass is 35.5. The molecule has 0 aliphatic carbocycles. The lowest BCUT2D eigenvalue weighted by molar-refractivity contribution is 0.0286. The molecule has 0 spiro atoms. The molecule has 0 saturated carbocycles. The summed E-state index contributed by atoms with van der Waals surface area (Å²) < 4.78 is 0. The number of β-amino-alcohol motifs (C(OH)–C–C–N with tert-alkyl or cyclic N) is 1. The third-order valence-electron chi connectivity index (χ3n) is 3.39. The number of hydrogen-bond acceptors (Lipinski definition) is 5. The number of aryl methyl sites for hydroxylation is 1. The molecule has 0 bridgehead atoms. The number of likely N-dealkylation sites (tertiary alicyclic amines) is 1. The van der Waals surface area contributed by atoms with Gasteiger partial charge in [-0.15, -0.1) is 10.2 Å². The summed E-state index contributed by atoms with van der Waals surface area (Å²) in [5.41, 5.74) is 0.270. The fourth-order valence-corrected chi connectivity index (χ4v) is 2.71. The van der Waals surface area contributed by atoms with Crippen LogP contribution in [0.4, 0.5) is 5.82 Å². The van der Waals surface area contributed by atoms with E-state index in [9.17, 15) is 5.11 Å². The quantitative estimate of drug-likeness (QED) is 0.891. The molecule has 1 saturated heterocycles. The van der Waals surface area contributed by atoms with Crippen LogP contribution in [0.1, 0.15) is 32.3 Å². The van der Waals surface area contributed by atoms with Gasteiger partial charge < -0.3 is 10.4 Å². The summed E-state index contributed by atoms with van der Waals surface area (Å²) in [4.78, 5) is 2.29. The Balaban J connectivity index is 1.94. The number of nitrogens with zero attached hydrogens (tertiary/aromatic N) is 3. The minimum Gasteiger partial charge on any atom is -0.389 e. The van der Waals surface area contributed by atoms with Crippen molar-refractivity contribution < 1.29 is 5.11 Å². The Morgan fingerprint density at radius 2 is 2.25 bits per heavy atom. The van der Waals surface area contributed by atoms with Crippen LogP contribution >= 0.6 is 11.6 Å². The molecule has 0 amide bonds. The maximum absolute atomic E-state index is 9.91. The van der Waals surface area contributed by atoms with E-state index >= 15 is 0 Å². The van der Waals surface area contributed by atoms with Crippen LogP contribution in [0, 0.1) is 6.92 Å². The van der Waals surface area contributed by atoms with E-state index in [0.717, 1.165) is 37.3 Å². The zero-order valence-corrected chi connectivity index (χ0v) is 13.1. The number of anilines is 1.